The normalized spacial score (nSPS) is 45.2. The standard InChI is InChI=1S/C10H16O2/c11-5-9-7-1-2-8(4-3-7)10(9)6-12/h1-2,7-12H,3-6H2/t7-,8+,9-,10-/m0/s1. The molecule has 2 bridgehead atoms. The third-order valence-electron chi connectivity index (χ3n) is 3.51. The maximum Gasteiger partial charge on any atom is 0.0468 e. The van der Waals surface area contributed by atoms with E-state index in [9.17, 15) is 0 Å². The fraction of sp³-hybridized carbons (Fsp3) is 0.800. The van der Waals surface area contributed by atoms with Crippen LogP contribution in [0.1, 0.15) is 12.8 Å². The van der Waals surface area contributed by atoms with Crippen LogP contribution in [0.3, 0.4) is 0 Å². The lowest BCUT2D eigenvalue weighted by molar-refractivity contribution is 0.0266. The van der Waals surface area contributed by atoms with Gasteiger partial charge in [0.2, 0.25) is 0 Å². The molecule has 3 aliphatic rings. The molecule has 68 valence electrons. The summed E-state index contributed by atoms with van der Waals surface area (Å²) in [7, 11) is 0. The van der Waals surface area contributed by atoms with Gasteiger partial charge in [-0.25, -0.2) is 0 Å². The highest BCUT2D eigenvalue weighted by Crippen LogP contribution is 2.44. The minimum atomic E-state index is 0.233. The van der Waals surface area contributed by atoms with Crippen LogP contribution in [0.5, 0.6) is 0 Å². The average Bonchev–Trinajstić information content (AvgIpc) is 2.18. The zero-order valence-corrected chi connectivity index (χ0v) is 7.19. The lowest BCUT2D eigenvalue weighted by Gasteiger charge is -2.43. The molecule has 3 rings (SSSR count). The Labute approximate surface area is 72.9 Å². The van der Waals surface area contributed by atoms with Gasteiger partial charge in [0.05, 0.1) is 0 Å². The van der Waals surface area contributed by atoms with Gasteiger partial charge in [0.1, 0.15) is 0 Å². The maximum atomic E-state index is 9.17. The molecule has 0 aromatic heterocycles. The molecule has 3 aliphatic carbocycles. The van der Waals surface area contributed by atoms with Gasteiger partial charge in [-0.2, -0.15) is 0 Å². The third kappa shape index (κ3) is 1.10. The van der Waals surface area contributed by atoms with E-state index in [1.807, 2.05) is 0 Å². The topological polar surface area (TPSA) is 40.5 Å². The maximum absolute atomic E-state index is 9.17. The number of aliphatic hydroxyl groups excluding tert-OH is 2. The number of allylic oxidation sites excluding steroid dienone is 2. The number of aliphatic hydroxyl groups is 2. The van der Waals surface area contributed by atoms with E-state index in [0.29, 0.717) is 23.7 Å². The van der Waals surface area contributed by atoms with Crippen LogP contribution in [0.15, 0.2) is 12.2 Å². The molecule has 0 aromatic carbocycles. The van der Waals surface area contributed by atoms with Gasteiger partial charge in [0, 0.05) is 13.2 Å². The van der Waals surface area contributed by atoms with E-state index in [1.165, 1.54) is 12.8 Å². The van der Waals surface area contributed by atoms with E-state index in [-0.39, 0.29) is 13.2 Å². The minimum Gasteiger partial charge on any atom is -0.396 e. The van der Waals surface area contributed by atoms with E-state index in [4.69, 9.17) is 10.2 Å². The fourth-order valence-electron chi connectivity index (χ4n) is 2.75. The van der Waals surface area contributed by atoms with Crippen LogP contribution < -0.4 is 0 Å². The first-order valence-electron chi connectivity index (χ1n) is 4.77. The predicted molar refractivity (Wildman–Crippen MR) is 46.5 cm³/mol. The molecular weight excluding hydrogens is 152 g/mol. The summed E-state index contributed by atoms with van der Waals surface area (Å²) in [6.45, 7) is 0.466. The Balaban J connectivity index is 2.18. The van der Waals surface area contributed by atoms with Gasteiger partial charge in [0.25, 0.3) is 0 Å². The van der Waals surface area contributed by atoms with E-state index in [1.54, 1.807) is 0 Å². The molecule has 1 saturated carbocycles. The summed E-state index contributed by atoms with van der Waals surface area (Å²) >= 11 is 0. The summed E-state index contributed by atoms with van der Waals surface area (Å²) in [5.41, 5.74) is 0. The summed E-state index contributed by atoms with van der Waals surface area (Å²) in [6.07, 6.45) is 6.84. The van der Waals surface area contributed by atoms with Crippen molar-refractivity contribution in [2.45, 2.75) is 12.8 Å². The van der Waals surface area contributed by atoms with Crippen molar-refractivity contribution in [3.05, 3.63) is 12.2 Å². The number of hydrogen-bond donors (Lipinski definition) is 2. The summed E-state index contributed by atoms with van der Waals surface area (Å²) in [5.74, 6) is 1.69. The quantitative estimate of drug-likeness (QED) is 0.599. The van der Waals surface area contributed by atoms with Gasteiger partial charge in [-0.3, -0.25) is 0 Å². The molecule has 0 saturated heterocycles. The minimum absolute atomic E-state index is 0.233. The first kappa shape index (κ1) is 8.27. The molecule has 0 radical (unpaired) electrons. The largest absolute Gasteiger partial charge is 0.396 e. The molecule has 12 heavy (non-hydrogen) atoms. The highest BCUT2D eigenvalue weighted by molar-refractivity contribution is 5.09. The predicted octanol–water partition coefficient (Wildman–Crippen LogP) is 0.799. The van der Waals surface area contributed by atoms with Crippen molar-refractivity contribution >= 4 is 0 Å². The molecule has 0 aliphatic heterocycles. The highest BCUT2D eigenvalue weighted by Gasteiger charge is 2.39. The van der Waals surface area contributed by atoms with Crippen molar-refractivity contribution in [2.24, 2.45) is 23.7 Å². The van der Waals surface area contributed by atoms with Crippen LogP contribution in [0.4, 0.5) is 0 Å². The van der Waals surface area contributed by atoms with Crippen molar-refractivity contribution in [1.29, 1.82) is 0 Å². The SMILES string of the molecule is OC[C@@H]1[C@@H](CO)[C@H]2C=C[C@@H]1CC2. The molecule has 2 heteroatoms. The van der Waals surface area contributed by atoms with E-state index in [2.05, 4.69) is 12.2 Å². The number of hydrogen-bond acceptors (Lipinski definition) is 2. The lowest BCUT2D eigenvalue weighted by atomic mass is 9.63. The molecular formula is C10H16O2. The number of fused-ring (bicyclic) bond motifs is 2. The summed E-state index contributed by atoms with van der Waals surface area (Å²) in [6, 6.07) is 0. The van der Waals surface area contributed by atoms with Crippen molar-refractivity contribution in [1.82, 2.24) is 0 Å². The summed E-state index contributed by atoms with van der Waals surface area (Å²) in [4.78, 5) is 0. The van der Waals surface area contributed by atoms with Crippen molar-refractivity contribution in [3.8, 4) is 0 Å². The second-order valence-corrected chi connectivity index (χ2v) is 3.98. The molecule has 0 amide bonds. The molecule has 0 spiro atoms. The van der Waals surface area contributed by atoms with Gasteiger partial charge < -0.3 is 10.2 Å². The van der Waals surface area contributed by atoms with Crippen LogP contribution in [0.25, 0.3) is 0 Å². The van der Waals surface area contributed by atoms with Gasteiger partial charge in [-0.1, -0.05) is 12.2 Å². The second-order valence-electron chi connectivity index (χ2n) is 3.98. The zero-order chi connectivity index (χ0) is 8.55. The molecule has 4 atom stereocenters. The Morgan fingerprint density at radius 1 is 0.917 bits per heavy atom. The first-order chi connectivity index (χ1) is 5.86. The van der Waals surface area contributed by atoms with Crippen LogP contribution in [0.2, 0.25) is 0 Å². The molecule has 2 N–H and O–H groups in total. The van der Waals surface area contributed by atoms with Crippen molar-refractivity contribution in [2.75, 3.05) is 13.2 Å². The first-order valence-corrected chi connectivity index (χ1v) is 4.77. The molecule has 0 unspecified atom stereocenters. The highest BCUT2D eigenvalue weighted by atomic mass is 16.3. The van der Waals surface area contributed by atoms with Crippen LogP contribution >= 0.6 is 0 Å². The fourth-order valence-corrected chi connectivity index (χ4v) is 2.75. The average molecular weight is 168 g/mol. The Hall–Kier alpha value is -0.340. The van der Waals surface area contributed by atoms with Gasteiger partial charge in [0.15, 0.2) is 0 Å². The summed E-state index contributed by atoms with van der Waals surface area (Å²) in [5, 5.41) is 18.3. The van der Waals surface area contributed by atoms with Gasteiger partial charge in [-0.15, -0.1) is 0 Å². The Morgan fingerprint density at radius 3 is 1.58 bits per heavy atom. The Bertz CT molecular complexity index is 168. The lowest BCUT2D eigenvalue weighted by Crippen LogP contribution is -2.40. The molecule has 1 fully saturated rings. The zero-order valence-electron chi connectivity index (χ0n) is 7.19. The van der Waals surface area contributed by atoms with E-state index < -0.39 is 0 Å². The van der Waals surface area contributed by atoms with Gasteiger partial charge >= 0.3 is 0 Å². The third-order valence-corrected chi connectivity index (χ3v) is 3.51. The van der Waals surface area contributed by atoms with Crippen LogP contribution in [0, 0.1) is 23.7 Å². The van der Waals surface area contributed by atoms with E-state index >= 15 is 0 Å². The van der Waals surface area contributed by atoms with Crippen molar-refractivity contribution in [3.63, 3.8) is 0 Å². The van der Waals surface area contributed by atoms with E-state index in [0.717, 1.165) is 0 Å². The molecule has 0 heterocycles. The monoisotopic (exact) mass is 168 g/mol. The Morgan fingerprint density at radius 2 is 1.33 bits per heavy atom. The smallest absolute Gasteiger partial charge is 0.0468 e. The second kappa shape index (κ2) is 3.19. The van der Waals surface area contributed by atoms with Crippen LogP contribution in [-0.2, 0) is 0 Å². The number of rotatable bonds is 2. The van der Waals surface area contributed by atoms with Gasteiger partial charge in [-0.05, 0) is 36.5 Å². The molecule has 2 nitrogen and oxygen atoms in total. The molecule has 0 aromatic rings. The summed E-state index contributed by atoms with van der Waals surface area (Å²) < 4.78 is 0. The van der Waals surface area contributed by atoms with Crippen LogP contribution in [-0.4, -0.2) is 23.4 Å². The Kier molecular flexibility index (Phi) is 2.20. The van der Waals surface area contributed by atoms with Crippen molar-refractivity contribution < 1.29 is 10.2 Å².